The normalized spacial score (nSPS) is 12.2. The number of hydrogen-bond donors (Lipinski definition) is 1. The Morgan fingerprint density at radius 2 is 2.05 bits per heavy atom. The van der Waals surface area contributed by atoms with E-state index in [1.54, 1.807) is 0 Å². The molecule has 0 aliphatic heterocycles. The van der Waals surface area contributed by atoms with Crippen molar-refractivity contribution in [1.82, 2.24) is 4.98 Å². The molecule has 0 bridgehead atoms. The Morgan fingerprint density at radius 3 is 2.65 bits per heavy atom. The smallest absolute Gasteiger partial charge is 0.0598 e. The van der Waals surface area contributed by atoms with Gasteiger partial charge in [-0.05, 0) is 49.6 Å². The molecule has 2 aromatic rings. The van der Waals surface area contributed by atoms with Gasteiger partial charge in [0.2, 0.25) is 0 Å². The summed E-state index contributed by atoms with van der Waals surface area (Å²) in [6.45, 7) is 5.00. The number of benzene rings is 1. The first-order valence-electron chi connectivity index (χ1n) is 7.02. The number of aryl methyl sites for hydroxylation is 1. The van der Waals surface area contributed by atoms with E-state index in [-0.39, 0.29) is 6.04 Å². The van der Waals surface area contributed by atoms with E-state index in [1.165, 1.54) is 16.8 Å². The zero-order chi connectivity index (χ0) is 14.5. The van der Waals surface area contributed by atoms with Gasteiger partial charge in [-0.25, -0.2) is 0 Å². The van der Waals surface area contributed by atoms with Crippen LogP contribution < -0.4 is 10.6 Å². The number of aromatic nitrogens is 1. The first-order valence-corrected chi connectivity index (χ1v) is 7.02. The van der Waals surface area contributed by atoms with Crippen LogP contribution >= 0.6 is 0 Å². The summed E-state index contributed by atoms with van der Waals surface area (Å²) in [6, 6.07) is 12.8. The van der Waals surface area contributed by atoms with Gasteiger partial charge in [-0.3, -0.25) is 4.98 Å². The highest BCUT2D eigenvalue weighted by Gasteiger charge is 2.07. The van der Waals surface area contributed by atoms with Gasteiger partial charge >= 0.3 is 0 Å². The van der Waals surface area contributed by atoms with Crippen molar-refractivity contribution in [3.8, 4) is 0 Å². The molecule has 0 spiro atoms. The molecule has 3 nitrogen and oxygen atoms in total. The van der Waals surface area contributed by atoms with Gasteiger partial charge < -0.3 is 10.6 Å². The fourth-order valence-electron chi connectivity index (χ4n) is 2.46. The molecule has 0 aliphatic rings. The van der Waals surface area contributed by atoms with E-state index in [1.807, 2.05) is 25.3 Å². The number of pyridine rings is 1. The number of anilines is 1. The lowest BCUT2D eigenvalue weighted by molar-refractivity contribution is 0.737. The van der Waals surface area contributed by atoms with Gasteiger partial charge in [-0.1, -0.05) is 18.2 Å². The third kappa shape index (κ3) is 3.81. The molecule has 3 heteroatoms. The minimum atomic E-state index is 0.200. The molecule has 2 N–H and O–H groups in total. The van der Waals surface area contributed by atoms with E-state index < -0.39 is 0 Å². The van der Waals surface area contributed by atoms with Crippen LogP contribution in [-0.2, 0) is 13.0 Å². The van der Waals surface area contributed by atoms with Crippen molar-refractivity contribution in [1.29, 1.82) is 0 Å². The lowest BCUT2D eigenvalue weighted by Crippen LogP contribution is -2.19. The lowest BCUT2D eigenvalue weighted by atomic mass is 10.0. The maximum Gasteiger partial charge on any atom is 0.0598 e. The fourth-order valence-corrected chi connectivity index (χ4v) is 2.46. The fraction of sp³-hybridized carbons (Fsp3) is 0.353. The number of rotatable bonds is 5. The monoisotopic (exact) mass is 269 g/mol. The van der Waals surface area contributed by atoms with Crippen molar-refractivity contribution < 1.29 is 0 Å². The van der Waals surface area contributed by atoms with Crippen molar-refractivity contribution >= 4 is 5.69 Å². The summed E-state index contributed by atoms with van der Waals surface area (Å²) in [5.41, 5.74) is 10.8. The van der Waals surface area contributed by atoms with Gasteiger partial charge in [-0.2, -0.15) is 0 Å². The number of hydrogen-bond acceptors (Lipinski definition) is 3. The van der Waals surface area contributed by atoms with Crippen molar-refractivity contribution in [3.05, 3.63) is 59.4 Å². The van der Waals surface area contributed by atoms with Gasteiger partial charge in [0.05, 0.1) is 12.2 Å². The molecule has 0 radical (unpaired) electrons. The van der Waals surface area contributed by atoms with Gasteiger partial charge in [0, 0.05) is 25.0 Å². The third-order valence-electron chi connectivity index (χ3n) is 3.36. The van der Waals surface area contributed by atoms with Crippen LogP contribution in [0.4, 0.5) is 5.69 Å². The Bertz CT molecular complexity index is 549. The second-order valence-electron chi connectivity index (χ2n) is 5.48. The van der Waals surface area contributed by atoms with E-state index in [4.69, 9.17) is 5.73 Å². The van der Waals surface area contributed by atoms with E-state index >= 15 is 0 Å². The van der Waals surface area contributed by atoms with Crippen LogP contribution in [0.5, 0.6) is 0 Å². The largest absolute Gasteiger partial charge is 0.368 e. The molecule has 0 fully saturated rings. The average Bonchev–Trinajstić information content (AvgIpc) is 2.39. The Labute approximate surface area is 121 Å². The Balaban J connectivity index is 2.12. The number of nitrogens with two attached hydrogens (primary N) is 1. The summed E-state index contributed by atoms with van der Waals surface area (Å²) in [7, 11) is 2.10. The zero-order valence-corrected chi connectivity index (χ0v) is 12.5. The van der Waals surface area contributed by atoms with Crippen LogP contribution in [-0.4, -0.2) is 18.1 Å². The molecule has 2 rings (SSSR count). The summed E-state index contributed by atoms with van der Waals surface area (Å²) in [5.74, 6) is 0. The van der Waals surface area contributed by atoms with Crippen LogP contribution in [0.25, 0.3) is 0 Å². The highest BCUT2D eigenvalue weighted by molar-refractivity contribution is 5.54. The molecule has 0 aliphatic carbocycles. The van der Waals surface area contributed by atoms with Crippen molar-refractivity contribution in [3.63, 3.8) is 0 Å². The SMILES string of the molecule is Cc1cc(CC(C)N)ccc1N(C)Cc1ccccn1. The molecule has 0 amide bonds. The molecule has 1 heterocycles. The summed E-state index contributed by atoms with van der Waals surface area (Å²) in [5, 5.41) is 0. The molecule has 1 aromatic heterocycles. The van der Waals surface area contributed by atoms with Crippen molar-refractivity contribution in [2.24, 2.45) is 5.73 Å². The second-order valence-corrected chi connectivity index (χ2v) is 5.48. The third-order valence-corrected chi connectivity index (χ3v) is 3.36. The Kier molecular flexibility index (Phi) is 4.74. The molecule has 1 atom stereocenters. The van der Waals surface area contributed by atoms with Crippen LogP contribution in [0.15, 0.2) is 42.6 Å². The van der Waals surface area contributed by atoms with Crippen molar-refractivity contribution in [2.75, 3.05) is 11.9 Å². The minimum absolute atomic E-state index is 0.200. The highest BCUT2D eigenvalue weighted by atomic mass is 15.1. The standard InChI is InChI=1S/C17H23N3/c1-13-10-15(11-14(2)18)7-8-17(13)20(3)12-16-6-4-5-9-19-16/h4-10,14H,11-12,18H2,1-3H3. The van der Waals surface area contributed by atoms with Crippen molar-refractivity contribution in [2.45, 2.75) is 32.9 Å². The zero-order valence-electron chi connectivity index (χ0n) is 12.5. The Hall–Kier alpha value is -1.87. The van der Waals surface area contributed by atoms with Crippen LogP contribution in [0.1, 0.15) is 23.7 Å². The Morgan fingerprint density at radius 1 is 1.25 bits per heavy atom. The number of nitrogens with zero attached hydrogens (tertiary/aromatic N) is 2. The van der Waals surface area contributed by atoms with Gasteiger partial charge in [0.15, 0.2) is 0 Å². The molecule has 106 valence electrons. The molecule has 0 saturated heterocycles. The second kappa shape index (κ2) is 6.53. The summed E-state index contributed by atoms with van der Waals surface area (Å²) in [6.07, 6.45) is 2.76. The molecular weight excluding hydrogens is 246 g/mol. The van der Waals surface area contributed by atoms with Gasteiger partial charge in [-0.15, -0.1) is 0 Å². The molecule has 1 aromatic carbocycles. The van der Waals surface area contributed by atoms with Crippen LogP contribution in [0, 0.1) is 6.92 Å². The van der Waals surface area contributed by atoms with E-state index in [0.29, 0.717) is 0 Å². The predicted octanol–water partition coefficient (Wildman–Crippen LogP) is 2.92. The highest BCUT2D eigenvalue weighted by Crippen LogP contribution is 2.22. The average molecular weight is 269 g/mol. The molecule has 1 unspecified atom stereocenters. The lowest BCUT2D eigenvalue weighted by Gasteiger charge is -2.22. The van der Waals surface area contributed by atoms with E-state index in [9.17, 15) is 0 Å². The molecule has 0 saturated carbocycles. The van der Waals surface area contributed by atoms with E-state index in [0.717, 1.165) is 18.7 Å². The minimum Gasteiger partial charge on any atom is -0.368 e. The van der Waals surface area contributed by atoms with Gasteiger partial charge in [0.25, 0.3) is 0 Å². The quantitative estimate of drug-likeness (QED) is 0.907. The predicted molar refractivity (Wildman–Crippen MR) is 84.9 cm³/mol. The first-order chi connectivity index (χ1) is 9.56. The van der Waals surface area contributed by atoms with E-state index in [2.05, 4.69) is 48.1 Å². The first kappa shape index (κ1) is 14.5. The summed E-state index contributed by atoms with van der Waals surface area (Å²) >= 11 is 0. The summed E-state index contributed by atoms with van der Waals surface area (Å²) < 4.78 is 0. The van der Waals surface area contributed by atoms with Crippen LogP contribution in [0.3, 0.4) is 0 Å². The summed E-state index contributed by atoms with van der Waals surface area (Å²) in [4.78, 5) is 6.60. The topological polar surface area (TPSA) is 42.1 Å². The molecular formula is C17H23N3. The molecule has 20 heavy (non-hydrogen) atoms. The maximum absolute atomic E-state index is 5.86. The maximum atomic E-state index is 5.86. The van der Waals surface area contributed by atoms with Gasteiger partial charge in [0.1, 0.15) is 0 Å². The van der Waals surface area contributed by atoms with Crippen LogP contribution in [0.2, 0.25) is 0 Å².